The first-order chi connectivity index (χ1) is 10.9. The van der Waals surface area contributed by atoms with E-state index in [9.17, 15) is 13.2 Å². The summed E-state index contributed by atoms with van der Waals surface area (Å²) >= 11 is 5.92. The summed E-state index contributed by atoms with van der Waals surface area (Å²) in [5.74, 6) is 0.216. The summed E-state index contributed by atoms with van der Waals surface area (Å²) in [6, 6.07) is 4.49. The molecule has 0 radical (unpaired) electrons. The van der Waals surface area contributed by atoms with Crippen molar-refractivity contribution in [2.24, 2.45) is 0 Å². The first kappa shape index (κ1) is 21.0. The molecule has 1 aromatic rings. The van der Waals surface area contributed by atoms with E-state index in [0.29, 0.717) is 18.1 Å². The number of hydrogen-bond donors (Lipinski definition) is 1. The van der Waals surface area contributed by atoms with Gasteiger partial charge in [0.2, 0.25) is 15.9 Å². The fourth-order valence-electron chi connectivity index (χ4n) is 2.43. The Bertz CT molecular complexity index is 677. The zero-order chi connectivity index (χ0) is 17.0. The van der Waals surface area contributed by atoms with E-state index in [1.165, 1.54) is 23.5 Å². The van der Waals surface area contributed by atoms with Crippen LogP contribution in [0, 0.1) is 0 Å². The molecule has 1 N–H and O–H groups in total. The van der Waals surface area contributed by atoms with Crippen molar-refractivity contribution in [3.05, 3.63) is 23.2 Å². The van der Waals surface area contributed by atoms with Gasteiger partial charge in [-0.2, -0.15) is 4.31 Å². The standard InChI is InChI=1S/C14H20ClN3O4S.ClH/c1-16-10-14(19)17-5-7-18(8-6-17)23(20,21)13-9-11(15)3-4-12(13)22-2;/h3-4,9,16H,5-8,10H2,1-2H3;1H. The lowest BCUT2D eigenvalue weighted by molar-refractivity contribution is -0.131. The average molecular weight is 398 g/mol. The Labute approximate surface area is 153 Å². The van der Waals surface area contributed by atoms with Crippen molar-refractivity contribution in [1.29, 1.82) is 0 Å². The molecule has 10 heteroatoms. The number of likely N-dealkylation sites (N-methyl/N-ethyl adjacent to an activating group) is 1. The van der Waals surface area contributed by atoms with Gasteiger partial charge in [0.1, 0.15) is 10.6 Å². The number of hydrogen-bond acceptors (Lipinski definition) is 5. The third-order valence-corrected chi connectivity index (χ3v) is 5.82. The van der Waals surface area contributed by atoms with E-state index in [1.54, 1.807) is 18.0 Å². The first-order valence-corrected chi connectivity index (χ1v) is 8.98. The second-order valence-electron chi connectivity index (χ2n) is 5.11. The number of carbonyl (C=O) groups is 1. The molecule has 1 aromatic carbocycles. The Morgan fingerprint density at radius 2 is 1.92 bits per heavy atom. The first-order valence-electron chi connectivity index (χ1n) is 7.16. The maximum Gasteiger partial charge on any atom is 0.246 e. The van der Waals surface area contributed by atoms with Crippen LogP contribution in [0.2, 0.25) is 5.02 Å². The van der Waals surface area contributed by atoms with E-state index in [-0.39, 0.29) is 48.6 Å². The molecular formula is C14H21Cl2N3O4S. The van der Waals surface area contributed by atoms with Crippen LogP contribution in [0.1, 0.15) is 0 Å². The third-order valence-electron chi connectivity index (χ3n) is 3.66. The van der Waals surface area contributed by atoms with Crippen molar-refractivity contribution in [2.75, 3.05) is 46.9 Å². The molecule has 1 aliphatic heterocycles. The topological polar surface area (TPSA) is 79.0 Å². The Morgan fingerprint density at radius 3 is 2.46 bits per heavy atom. The van der Waals surface area contributed by atoms with E-state index >= 15 is 0 Å². The lowest BCUT2D eigenvalue weighted by atomic mass is 10.3. The SMILES string of the molecule is CNCC(=O)N1CCN(S(=O)(=O)c2cc(Cl)ccc2OC)CC1.Cl. The predicted octanol–water partition coefficient (Wildman–Crippen LogP) is 0.823. The maximum atomic E-state index is 12.8. The molecule has 1 amide bonds. The summed E-state index contributed by atoms with van der Waals surface area (Å²) in [6.45, 7) is 1.46. The number of methoxy groups -OCH3 is 1. The summed E-state index contributed by atoms with van der Waals surface area (Å²) in [5.41, 5.74) is 0. The number of carbonyl (C=O) groups excluding carboxylic acids is 1. The molecule has 1 heterocycles. The molecule has 0 aliphatic carbocycles. The number of benzene rings is 1. The molecule has 0 spiro atoms. The molecule has 0 atom stereocenters. The number of ether oxygens (including phenoxy) is 1. The number of halogens is 2. The highest BCUT2D eigenvalue weighted by molar-refractivity contribution is 7.89. The number of rotatable bonds is 5. The van der Waals surface area contributed by atoms with E-state index in [2.05, 4.69) is 5.32 Å². The van der Waals surface area contributed by atoms with E-state index < -0.39 is 10.0 Å². The van der Waals surface area contributed by atoms with Crippen molar-refractivity contribution >= 4 is 39.9 Å². The van der Waals surface area contributed by atoms with Gasteiger partial charge in [0.05, 0.1) is 13.7 Å². The van der Waals surface area contributed by atoms with Crippen LogP contribution in [0.4, 0.5) is 0 Å². The van der Waals surface area contributed by atoms with Crippen LogP contribution < -0.4 is 10.1 Å². The number of amides is 1. The number of nitrogens with zero attached hydrogens (tertiary/aromatic N) is 2. The Morgan fingerprint density at radius 1 is 1.29 bits per heavy atom. The lowest BCUT2D eigenvalue weighted by Gasteiger charge is -2.34. The molecule has 0 bridgehead atoms. The molecule has 0 aromatic heterocycles. The van der Waals surface area contributed by atoms with Crippen LogP contribution in [0.5, 0.6) is 5.75 Å². The molecule has 2 rings (SSSR count). The van der Waals surface area contributed by atoms with Gasteiger partial charge in [0.15, 0.2) is 0 Å². The van der Waals surface area contributed by atoms with Gasteiger partial charge >= 0.3 is 0 Å². The molecule has 0 saturated carbocycles. The van der Waals surface area contributed by atoms with Gasteiger partial charge in [-0.1, -0.05) is 11.6 Å². The Balaban J connectivity index is 0.00000288. The highest BCUT2D eigenvalue weighted by Crippen LogP contribution is 2.30. The van der Waals surface area contributed by atoms with E-state index in [0.717, 1.165) is 0 Å². The van der Waals surface area contributed by atoms with E-state index in [4.69, 9.17) is 16.3 Å². The second-order valence-corrected chi connectivity index (χ2v) is 7.45. The highest BCUT2D eigenvalue weighted by atomic mass is 35.5. The normalized spacial score (nSPS) is 15.7. The van der Waals surface area contributed by atoms with Gasteiger partial charge in [0.25, 0.3) is 0 Å². The van der Waals surface area contributed by atoms with Crippen LogP contribution in [0.15, 0.2) is 23.1 Å². The van der Waals surface area contributed by atoms with Crippen LogP contribution in [-0.4, -0.2) is 70.4 Å². The number of nitrogens with one attached hydrogen (secondary N) is 1. The zero-order valence-electron chi connectivity index (χ0n) is 13.5. The molecular weight excluding hydrogens is 377 g/mol. The fourth-order valence-corrected chi connectivity index (χ4v) is 4.27. The minimum absolute atomic E-state index is 0. The largest absolute Gasteiger partial charge is 0.495 e. The molecule has 1 fully saturated rings. The summed E-state index contributed by atoms with van der Waals surface area (Å²) < 4.78 is 32.1. The monoisotopic (exact) mass is 397 g/mol. The second kappa shape index (κ2) is 8.87. The fraction of sp³-hybridized carbons (Fsp3) is 0.500. The van der Waals surface area contributed by atoms with Crippen LogP contribution in [0.25, 0.3) is 0 Å². The van der Waals surface area contributed by atoms with Crippen LogP contribution >= 0.6 is 24.0 Å². The van der Waals surface area contributed by atoms with Crippen molar-refractivity contribution in [3.8, 4) is 5.75 Å². The Kier molecular flexibility index (Phi) is 7.75. The molecule has 136 valence electrons. The lowest BCUT2D eigenvalue weighted by Crippen LogP contribution is -2.52. The van der Waals surface area contributed by atoms with Crippen molar-refractivity contribution in [3.63, 3.8) is 0 Å². The number of sulfonamides is 1. The van der Waals surface area contributed by atoms with Crippen LogP contribution in [-0.2, 0) is 14.8 Å². The zero-order valence-corrected chi connectivity index (χ0v) is 15.9. The number of piperazine rings is 1. The third kappa shape index (κ3) is 4.52. The summed E-state index contributed by atoms with van der Waals surface area (Å²) in [4.78, 5) is 13.5. The van der Waals surface area contributed by atoms with Gasteiger partial charge in [-0.05, 0) is 25.2 Å². The van der Waals surface area contributed by atoms with Crippen molar-refractivity contribution in [2.45, 2.75) is 4.90 Å². The van der Waals surface area contributed by atoms with Gasteiger partial charge in [-0.15, -0.1) is 12.4 Å². The molecule has 1 aliphatic rings. The highest BCUT2D eigenvalue weighted by Gasteiger charge is 2.32. The summed E-state index contributed by atoms with van der Waals surface area (Å²) in [7, 11) is -0.607. The summed E-state index contributed by atoms with van der Waals surface area (Å²) in [5, 5.41) is 3.13. The minimum atomic E-state index is -3.72. The predicted molar refractivity (Wildman–Crippen MR) is 94.5 cm³/mol. The molecule has 0 unspecified atom stereocenters. The smallest absolute Gasteiger partial charge is 0.246 e. The van der Waals surface area contributed by atoms with Gasteiger partial charge in [0, 0.05) is 31.2 Å². The molecule has 1 saturated heterocycles. The quantitative estimate of drug-likeness (QED) is 0.795. The van der Waals surface area contributed by atoms with Gasteiger partial charge in [-0.3, -0.25) is 4.79 Å². The molecule has 7 nitrogen and oxygen atoms in total. The minimum Gasteiger partial charge on any atom is -0.495 e. The Hall–Kier alpha value is -1.06. The summed E-state index contributed by atoms with van der Waals surface area (Å²) in [6.07, 6.45) is 0. The van der Waals surface area contributed by atoms with Gasteiger partial charge in [-0.25, -0.2) is 8.42 Å². The van der Waals surface area contributed by atoms with Gasteiger partial charge < -0.3 is 15.0 Å². The van der Waals surface area contributed by atoms with Crippen molar-refractivity contribution < 1.29 is 17.9 Å². The molecule has 24 heavy (non-hydrogen) atoms. The average Bonchev–Trinajstić information content (AvgIpc) is 2.55. The van der Waals surface area contributed by atoms with Crippen LogP contribution in [0.3, 0.4) is 0 Å². The van der Waals surface area contributed by atoms with E-state index in [1.807, 2.05) is 0 Å². The van der Waals surface area contributed by atoms with Crippen molar-refractivity contribution in [1.82, 2.24) is 14.5 Å². The maximum absolute atomic E-state index is 12.8.